The van der Waals surface area contributed by atoms with E-state index >= 15 is 0 Å². The summed E-state index contributed by atoms with van der Waals surface area (Å²) in [4.78, 5) is 20.7. The van der Waals surface area contributed by atoms with Gasteiger partial charge in [-0.05, 0) is 33.9 Å². The topological polar surface area (TPSA) is 60.0 Å². The molecule has 0 rings (SSSR count). The van der Waals surface area contributed by atoms with Gasteiger partial charge < -0.3 is 20.4 Å². The highest BCUT2D eigenvalue weighted by molar-refractivity contribution is 14.0. The quantitative estimate of drug-likeness (QED) is 0.292. The normalized spacial score (nSPS) is 11.1. The third-order valence-corrected chi connectivity index (χ3v) is 3.67. The van der Waals surface area contributed by atoms with E-state index in [-0.39, 0.29) is 29.9 Å². The van der Waals surface area contributed by atoms with Crippen LogP contribution < -0.4 is 10.6 Å². The highest BCUT2D eigenvalue weighted by atomic mass is 127. The molecule has 23 heavy (non-hydrogen) atoms. The third-order valence-electron chi connectivity index (χ3n) is 3.67. The first kappa shape index (κ1) is 24.7. The molecule has 0 aliphatic heterocycles. The average Bonchev–Trinajstić information content (AvgIpc) is 2.52. The van der Waals surface area contributed by atoms with Gasteiger partial charge in [0.15, 0.2) is 5.96 Å². The lowest BCUT2D eigenvalue weighted by molar-refractivity contribution is -0.130. The Morgan fingerprint density at radius 3 is 2.04 bits per heavy atom. The lowest BCUT2D eigenvalue weighted by atomic mass is 10.3. The Morgan fingerprint density at radius 2 is 1.57 bits per heavy atom. The molecule has 0 aromatic rings. The van der Waals surface area contributed by atoms with Gasteiger partial charge in [0.2, 0.25) is 5.91 Å². The summed E-state index contributed by atoms with van der Waals surface area (Å²) in [6, 6.07) is 0. The lowest BCUT2D eigenvalue weighted by Crippen LogP contribution is -2.40. The summed E-state index contributed by atoms with van der Waals surface area (Å²) in [6.45, 7) is 17.2. The van der Waals surface area contributed by atoms with Gasteiger partial charge in [0.25, 0.3) is 0 Å². The second kappa shape index (κ2) is 16.3. The number of hydrogen-bond donors (Lipinski definition) is 2. The van der Waals surface area contributed by atoms with Crippen molar-refractivity contribution in [1.29, 1.82) is 0 Å². The number of likely N-dealkylation sites (N-methyl/N-ethyl adjacent to an activating group) is 1. The summed E-state index contributed by atoms with van der Waals surface area (Å²) in [5.74, 6) is 0.985. The monoisotopic (exact) mass is 441 g/mol. The lowest BCUT2D eigenvalue weighted by Gasteiger charge is -2.19. The van der Waals surface area contributed by atoms with Gasteiger partial charge in [0, 0.05) is 39.1 Å². The van der Waals surface area contributed by atoms with Crippen LogP contribution in [0.3, 0.4) is 0 Å². The van der Waals surface area contributed by atoms with Gasteiger partial charge in [-0.3, -0.25) is 9.79 Å². The fraction of sp³-hybridized carbons (Fsp3) is 0.875. The molecule has 0 bridgehead atoms. The zero-order valence-electron chi connectivity index (χ0n) is 15.5. The van der Waals surface area contributed by atoms with Crippen LogP contribution in [0, 0.1) is 0 Å². The number of nitrogens with zero attached hydrogens (tertiary/aromatic N) is 3. The summed E-state index contributed by atoms with van der Waals surface area (Å²) in [5.41, 5.74) is 0. The molecule has 0 aromatic carbocycles. The minimum absolute atomic E-state index is 0. The molecule has 0 aliphatic carbocycles. The van der Waals surface area contributed by atoms with Crippen molar-refractivity contribution in [1.82, 2.24) is 20.4 Å². The van der Waals surface area contributed by atoms with Gasteiger partial charge in [-0.2, -0.15) is 0 Å². The van der Waals surface area contributed by atoms with Crippen LogP contribution in [0.1, 0.15) is 41.0 Å². The number of carbonyl (C=O) groups is 1. The molecule has 138 valence electrons. The highest BCUT2D eigenvalue weighted by Crippen LogP contribution is 1.93. The van der Waals surface area contributed by atoms with E-state index in [0.29, 0.717) is 13.0 Å². The van der Waals surface area contributed by atoms with E-state index < -0.39 is 0 Å². The summed E-state index contributed by atoms with van der Waals surface area (Å²) in [6.07, 6.45) is 0.502. The number of amides is 1. The predicted octanol–water partition coefficient (Wildman–Crippen LogP) is 1.76. The van der Waals surface area contributed by atoms with Crippen molar-refractivity contribution in [3.05, 3.63) is 0 Å². The molecule has 1 amide bonds. The Bertz CT molecular complexity index is 318. The van der Waals surface area contributed by atoms with Crippen LogP contribution in [-0.4, -0.2) is 74.0 Å². The van der Waals surface area contributed by atoms with Gasteiger partial charge >= 0.3 is 0 Å². The van der Waals surface area contributed by atoms with Gasteiger partial charge in [0.1, 0.15) is 0 Å². The smallest absolute Gasteiger partial charge is 0.224 e. The molecule has 0 radical (unpaired) electrons. The van der Waals surface area contributed by atoms with Crippen LogP contribution in [0.15, 0.2) is 4.99 Å². The van der Waals surface area contributed by atoms with Crippen LogP contribution in [0.5, 0.6) is 0 Å². The molecule has 0 heterocycles. The van der Waals surface area contributed by atoms with Crippen molar-refractivity contribution in [2.45, 2.75) is 41.0 Å². The maximum absolute atomic E-state index is 11.9. The Balaban J connectivity index is 0. The number of halogens is 1. The van der Waals surface area contributed by atoms with Crippen molar-refractivity contribution in [3.8, 4) is 0 Å². The van der Waals surface area contributed by atoms with Gasteiger partial charge in [-0.1, -0.05) is 13.8 Å². The molecule has 6 nitrogen and oxygen atoms in total. The molecule has 7 heteroatoms. The molecule has 0 aromatic heterocycles. The molecule has 0 spiro atoms. The second-order valence-electron chi connectivity index (χ2n) is 5.03. The first-order valence-corrected chi connectivity index (χ1v) is 8.64. The SMILES string of the molecule is CCNC(=NCCN(CC)CC)NCCC(=O)N(CC)CC.I. The zero-order valence-corrected chi connectivity index (χ0v) is 17.9. The minimum atomic E-state index is 0. The number of nitrogens with one attached hydrogen (secondary N) is 2. The molecular weight excluding hydrogens is 405 g/mol. The average molecular weight is 441 g/mol. The molecule has 0 saturated carbocycles. The highest BCUT2D eigenvalue weighted by Gasteiger charge is 2.09. The van der Waals surface area contributed by atoms with Crippen LogP contribution in [0.4, 0.5) is 0 Å². The Hall–Kier alpha value is -0.570. The first-order valence-electron chi connectivity index (χ1n) is 8.64. The Kier molecular flexibility index (Phi) is 17.5. The van der Waals surface area contributed by atoms with Crippen molar-refractivity contribution in [2.24, 2.45) is 4.99 Å². The predicted molar refractivity (Wildman–Crippen MR) is 110 cm³/mol. The van der Waals surface area contributed by atoms with Crippen molar-refractivity contribution in [2.75, 3.05) is 52.4 Å². The van der Waals surface area contributed by atoms with E-state index in [9.17, 15) is 4.79 Å². The first-order chi connectivity index (χ1) is 10.6. The van der Waals surface area contributed by atoms with Crippen molar-refractivity contribution >= 4 is 35.8 Å². The second-order valence-corrected chi connectivity index (χ2v) is 5.03. The van der Waals surface area contributed by atoms with E-state index in [1.54, 1.807) is 0 Å². The fourth-order valence-electron chi connectivity index (χ4n) is 2.21. The van der Waals surface area contributed by atoms with E-state index in [2.05, 4.69) is 34.4 Å². The number of rotatable bonds is 11. The zero-order chi connectivity index (χ0) is 16.8. The Morgan fingerprint density at radius 1 is 0.957 bits per heavy atom. The van der Waals surface area contributed by atoms with Crippen LogP contribution in [0.25, 0.3) is 0 Å². The van der Waals surface area contributed by atoms with Crippen LogP contribution in [0.2, 0.25) is 0 Å². The van der Waals surface area contributed by atoms with Gasteiger partial charge in [-0.25, -0.2) is 0 Å². The number of carbonyl (C=O) groups excluding carboxylic acids is 1. The van der Waals surface area contributed by atoms with E-state index in [4.69, 9.17) is 0 Å². The molecule has 0 atom stereocenters. The summed E-state index contributed by atoms with van der Waals surface area (Å²) in [7, 11) is 0. The summed E-state index contributed by atoms with van der Waals surface area (Å²) in [5, 5.41) is 6.46. The third kappa shape index (κ3) is 11.6. The van der Waals surface area contributed by atoms with Crippen LogP contribution >= 0.6 is 24.0 Å². The van der Waals surface area contributed by atoms with Crippen LogP contribution in [-0.2, 0) is 4.79 Å². The molecule has 0 saturated heterocycles. The largest absolute Gasteiger partial charge is 0.357 e. The molecule has 2 N–H and O–H groups in total. The van der Waals surface area contributed by atoms with Crippen molar-refractivity contribution in [3.63, 3.8) is 0 Å². The summed E-state index contributed by atoms with van der Waals surface area (Å²) < 4.78 is 0. The minimum Gasteiger partial charge on any atom is -0.357 e. The summed E-state index contributed by atoms with van der Waals surface area (Å²) >= 11 is 0. The molecule has 0 aliphatic rings. The number of guanidine groups is 1. The number of aliphatic imine (C=N–C) groups is 1. The maximum atomic E-state index is 11.9. The standard InChI is InChI=1S/C16H35N5O.HI/c1-6-17-16(19-13-14-20(7-2)8-3)18-12-11-15(22)21(9-4)10-5;/h6-14H2,1-5H3,(H2,17,18,19);1H. The fourth-order valence-corrected chi connectivity index (χ4v) is 2.21. The van der Waals surface area contributed by atoms with E-state index in [0.717, 1.165) is 51.8 Å². The molecule has 0 fully saturated rings. The number of hydrogen-bond acceptors (Lipinski definition) is 3. The van der Waals surface area contributed by atoms with E-state index in [1.165, 1.54) is 0 Å². The Labute approximate surface area is 159 Å². The van der Waals surface area contributed by atoms with E-state index in [1.807, 2.05) is 25.7 Å². The van der Waals surface area contributed by atoms with Crippen molar-refractivity contribution < 1.29 is 4.79 Å². The maximum Gasteiger partial charge on any atom is 0.224 e. The molecule has 0 unspecified atom stereocenters. The van der Waals surface area contributed by atoms with Gasteiger partial charge in [0.05, 0.1) is 6.54 Å². The van der Waals surface area contributed by atoms with Gasteiger partial charge in [-0.15, -0.1) is 24.0 Å². The molecular formula is C16H36IN5O.